The summed E-state index contributed by atoms with van der Waals surface area (Å²) >= 11 is 3.32. The van der Waals surface area contributed by atoms with Crippen LogP contribution in [0.5, 0.6) is 5.75 Å². The zero-order valence-corrected chi connectivity index (χ0v) is 11.8. The second-order valence-electron chi connectivity index (χ2n) is 3.32. The van der Waals surface area contributed by atoms with Gasteiger partial charge in [0, 0.05) is 10.5 Å². The Labute approximate surface area is 115 Å². The van der Waals surface area contributed by atoms with Crippen molar-refractivity contribution in [2.45, 2.75) is 19.4 Å². The number of phenols is 1. The van der Waals surface area contributed by atoms with E-state index in [1.165, 1.54) is 6.07 Å². The van der Waals surface area contributed by atoms with E-state index in [9.17, 15) is 9.90 Å². The Hall–Kier alpha value is -0.780. The molecule has 4 nitrogen and oxygen atoms in total. The molecule has 1 rings (SSSR count). The van der Waals surface area contributed by atoms with E-state index in [1.807, 2.05) is 0 Å². The van der Waals surface area contributed by atoms with Crippen molar-refractivity contribution in [1.29, 1.82) is 0 Å². The quantitative estimate of drug-likeness (QED) is 0.835. The highest BCUT2D eigenvalue weighted by Crippen LogP contribution is 2.27. The second-order valence-corrected chi connectivity index (χ2v) is 4.18. The number of rotatable bonds is 4. The molecule has 0 amide bonds. The number of ether oxygens (including phenoxy) is 1. The number of carbonyl (C=O) groups excluding carboxylic acids is 1. The van der Waals surface area contributed by atoms with E-state index in [0.29, 0.717) is 12.2 Å². The van der Waals surface area contributed by atoms with Gasteiger partial charge in [0.2, 0.25) is 0 Å². The molecule has 0 fully saturated rings. The van der Waals surface area contributed by atoms with Crippen LogP contribution in [0, 0.1) is 0 Å². The summed E-state index contributed by atoms with van der Waals surface area (Å²) in [4.78, 5) is 11.2. The van der Waals surface area contributed by atoms with Gasteiger partial charge in [-0.3, -0.25) is 4.79 Å². The van der Waals surface area contributed by atoms with E-state index >= 15 is 0 Å². The van der Waals surface area contributed by atoms with Crippen LogP contribution in [0.4, 0.5) is 0 Å². The first-order valence-electron chi connectivity index (χ1n) is 4.94. The van der Waals surface area contributed by atoms with Crippen LogP contribution in [-0.2, 0) is 9.53 Å². The van der Waals surface area contributed by atoms with Crippen LogP contribution < -0.4 is 5.73 Å². The molecule has 1 atom stereocenters. The molecular weight excluding hydrogens is 309 g/mol. The Morgan fingerprint density at radius 1 is 1.59 bits per heavy atom. The SMILES string of the molecule is CCOC(=O)C[C@@H](N)c1cc(O)ccc1Br.Cl. The van der Waals surface area contributed by atoms with Crippen molar-refractivity contribution in [3.63, 3.8) is 0 Å². The predicted molar refractivity (Wildman–Crippen MR) is 71.2 cm³/mol. The summed E-state index contributed by atoms with van der Waals surface area (Å²) in [6.45, 7) is 2.08. The van der Waals surface area contributed by atoms with E-state index in [4.69, 9.17) is 10.5 Å². The van der Waals surface area contributed by atoms with Crippen LogP contribution in [-0.4, -0.2) is 17.7 Å². The summed E-state index contributed by atoms with van der Waals surface area (Å²) in [5, 5.41) is 9.33. The number of aromatic hydroxyl groups is 1. The number of hydrogen-bond acceptors (Lipinski definition) is 4. The third-order valence-corrected chi connectivity index (χ3v) is 2.79. The summed E-state index contributed by atoms with van der Waals surface area (Å²) in [5.41, 5.74) is 6.54. The minimum absolute atomic E-state index is 0. The molecule has 17 heavy (non-hydrogen) atoms. The van der Waals surface area contributed by atoms with E-state index in [0.717, 1.165) is 4.47 Å². The molecule has 3 N–H and O–H groups in total. The van der Waals surface area contributed by atoms with E-state index in [2.05, 4.69) is 15.9 Å². The first-order chi connectivity index (χ1) is 7.54. The van der Waals surface area contributed by atoms with Gasteiger partial charge >= 0.3 is 5.97 Å². The first-order valence-corrected chi connectivity index (χ1v) is 5.73. The maximum absolute atomic E-state index is 11.2. The normalized spacial score (nSPS) is 11.5. The molecule has 0 aliphatic carbocycles. The lowest BCUT2D eigenvalue weighted by molar-refractivity contribution is -0.143. The van der Waals surface area contributed by atoms with E-state index in [-0.39, 0.29) is 30.5 Å². The number of esters is 1. The Morgan fingerprint density at radius 3 is 2.82 bits per heavy atom. The standard InChI is InChI=1S/C11H14BrNO3.ClH/c1-2-16-11(15)6-10(13)8-5-7(14)3-4-9(8)12;/h3-5,10,14H,2,6,13H2,1H3;1H/t10-;/m1./s1. The molecule has 6 heteroatoms. The Balaban J connectivity index is 0.00000256. The van der Waals surface area contributed by atoms with Crippen LogP contribution in [0.1, 0.15) is 24.9 Å². The third kappa shape index (κ3) is 4.93. The molecule has 0 saturated carbocycles. The van der Waals surface area contributed by atoms with Gasteiger partial charge in [-0.2, -0.15) is 0 Å². The van der Waals surface area contributed by atoms with Gasteiger partial charge in [0.25, 0.3) is 0 Å². The fraction of sp³-hybridized carbons (Fsp3) is 0.364. The molecular formula is C11H15BrClNO3. The van der Waals surface area contributed by atoms with Crippen molar-refractivity contribution in [2.24, 2.45) is 5.73 Å². The van der Waals surface area contributed by atoms with Crippen LogP contribution in [0.25, 0.3) is 0 Å². The number of nitrogens with two attached hydrogens (primary N) is 1. The summed E-state index contributed by atoms with van der Waals surface area (Å²) in [6.07, 6.45) is 0.0931. The van der Waals surface area contributed by atoms with Crippen molar-refractivity contribution in [2.75, 3.05) is 6.61 Å². The molecule has 0 heterocycles. The zero-order chi connectivity index (χ0) is 12.1. The lowest BCUT2D eigenvalue weighted by Gasteiger charge is -2.13. The summed E-state index contributed by atoms with van der Waals surface area (Å²) in [5.74, 6) is -0.220. The molecule has 0 radical (unpaired) electrons. The molecule has 0 saturated heterocycles. The average Bonchev–Trinajstić information content (AvgIpc) is 2.21. The molecule has 0 aromatic heterocycles. The van der Waals surface area contributed by atoms with Crippen molar-refractivity contribution >= 4 is 34.3 Å². The highest BCUT2D eigenvalue weighted by Gasteiger charge is 2.15. The third-order valence-electron chi connectivity index (χ3n) is 2.07. The largest absolute Gasteiger partial charge is 0.508 e. The van der Waals surface area contributed by atoms with Gasteiger partial charge in [-0.25, -0.2) is 0 Å². The van der Waals surface area contributed by atoms with Crippen molar-refractivity contribution in [3.8, 4) is 5.75 Å². The van der Waals surface area contributed by atoms with Gasteiger partial charge in [0.1, 0.15) is 5.75 Å². The maximum atomic E-state index is 11.2. The van der Waals surface area contributed by atoms with E-state index < -0.39 is 6.04 Å². The smallest absolute Gasteiger partial charge is 0.307 e. The Kier molecular flexibility index (Phi) is 7.18. The van der Waals surface area contributed by atoms with Gasteiger partial charge in [0.15, 0.2) is 0 Å². The average molecular weight is 325 g/mol. The summed E-state index contributed by atoms with van der Waals surface area (Å²) in [6, 6.07) is 4.29. The molecule has 1 aromatic rings. The predicted octanol–water partition coefficient (Wildman–Crippen LogP) is 2.53. The highest BCUT2D eigenvalue weighted by atomic mass is 79.9. The molecule has 96 valence electrons. The van der Waals surface area contributed by atoms with Gasteiger partial charge < -0.3 is 15.6 Å². The molecule has 1 aromatic carbocycles. The van der Waals surface area contributed by atoms with Gasteiger partial charge in [0.05, 0.1) is 13.0 Å². The van der Waals surface area contributed by atoms with Crippen LogP contribution in [0.15, 0.2) is 22.7 Å². The maximum Gasteiger partial charge on any atom is 0.307 e. The summed E-state index contributed by atoms with van der Waals surface area (Å²) in [7, 11) is 0. The minimum atomic E-state index is -0.486. The number of benzene rings is 1. The Morgan fingerprint density at radius 2 is 2.24 bits per heavy atom. The van der Waals surface area contributed by atoms with Gasteiger partial charge in [-0.1, -0.05) is 15.9 Å². The van der Waals surface area contributed by atoms with Crippen molar-refractivity contribution < 1.29 is 14.6 Å². The van der Waals surface area contributed by atoms with Gasteiger partial charge in [-0.15, -0.1) is 12.4 Å². The van der Waals surface area contributed by atoms with Crippen LogP contribution in [0.2, 0.25) is 0 Å². The van der Waals surface area contributed by atoms with Gasteiger partial charge in [-0.05, 0) is 30.7 Å². The van der Waals surface area contributed by atoms with Crippen LogP contribution in [0.3, 0.4) is 0 Å². The number of phenolic OH excluding ortho intramolecular Hbond substituents is 1. The van der Waals surface area contributed by atoms with E-state index in [1.54, 1.807) is 19.1 Å². The Bertz CT molecular complexity index is 387. The topological polar surface area (TPSA) is 72.5 Å². The van der Waals surface area contributed by atoms with Crippen molar-refractivity contribution in [3.05, 3.63) is 28.2 Å². The highest BCUT2D eigenvalue weighted by molar-refractivity contribution is 9.10. The number of hydrogen-bond donors (Lipinski definition) is 2. The molecule has 0 aliphatic rings. The summed E-state index contributed by atoms with van der Waals surface area (Å²) < 4.78 is 5.57. The molecule has 0 aliphatic heterocycles. The number of halogens is 2. The lowest BCUT2D eigenvalue weighted by Crippen LogP contribution is -2.17. The lowest BCUT2D eigenvalue weighted by atomic mass is 10.0. The monoisotopic (exact) mass is 323 g/mol. The second kappa shape index (κ2) is 7.53. The fourth-order valence-electron chi connectivity index (χ4n) is 1.32. The van der Waals surface area contributed by atoms with Crippen LogP contribution >= 0.6 is 28.3 Å². The van der Waals surface area contributed by atoms with Crippen molar-refractivity contribution in [1.82, 2.24) is 0 Å². The molecule has 0 unspecified atom stereocenters. The first kappa shape index (κ1) is 16.2. The molecule has 0 spiro atoms. The zero-order valence-electron chi connectivity index (χ0n) is 9.35. The molecule has 0 bridgehead atoms. The minimum Gasteiger partial charge on any atom is -0.508 e. The number of carbonyl (C=O) groups is 1. The fourth-order valence-corrected chi connectivity index (χ4v) is 1.87.